The molecule has 6 nitrogen and oxygen atoms in total. The van der Waals surface area contributed by atoms with Crippen LogP contribution in [0.25, 0.3) is 0 Å². The van der Waals surface area contributed by atoms with Crippen LogP contribution in [0.4, 0.5) is 0 Å². The minimum absolute atomic E-state index is 0. The van der Waals surface area contributed by atoms with Gasteiger partial charge in [-0.1, -0.05) is 19.3 Å². The second-order valence-electron chi connectivity index (χ2n) is 8.46. The zero-order valence-corrected chi connectivity index (χ0v) is 20.5. The maximum atomic E-state index is 12.0. The lowest BCUT2D eigenvalue weighted by Gasteiger charge is -2.48. The molecule has 1 aliphatic carbocycles. The first-order chi connectivity index (χ1) is 12.3. The van der Waals surface area contributed by atoms with E-state index in [9.17, 15) is 4.79 Å². The van der Waals surface area contributed by atoms with Crippen molar-refractivity contribution in [1.29, 1.82) is 0 Å². The molecule has 0 bridgehead atoms. The molecule has 2 aliphatic rings. The number of halogens is 1. The normalized spacial score (nSPS) is 21.1. The summed E-state index contributed by atoms with van der Waals surface area (Å²) in [5, 5.41) is 9.63. The first-order valence-electron chi connectivity index (χ1n) is 9.93. The predicted molar refractivity (Wildman–Crippen MR) is 127 cm³/mol. The highest BCUT2D eigenvalue weighted by Crippen LogP contribution is 2.34. The van der Waals surface area contributed by atoms with Crippen LogP contribution in [0.2, 0.25) is 0 Å². The van der Waals surface area contributed by atoms with E-state index in [1.165, 1.54) is 56.7 Å². The van der Waals surface area contributed by atoms with E-state index in [1.54, 1.807) is 7.05 Å². The summed E-state index contributed by atoms with van der Waals surface area (Å²) in [6.45, 7) is 9.48. The molecule has 1 saturated carbocycles. The van der Waals surface area contributed by atoms with E-state index in [2.05, 4.69) is 37.6 Å². The second kappa shape index (κ2) is 11.7. The Hall–Kier alpha value is -0.220. The van der Waals surface area contributed by atoms with Gasteiger partial charge < -0.3 is 16.0 Å². The summed E-state index contributed by atoms with van der Waals surface area (Å²) in [4.78, 5) is 19.0. The number of thioether (sulfide) groups is 1. The van der Waals surface area contributed by atoms with Gasteiger partial charge in [-0.25, -0.2) is 0 Å². The third-order valence-corrected chi connectivity index (χ3v) is 6.15. The van der Waals surface area contributed by atoms with E-state index in [1.807, 2.05) is 20.8 Å². The van der Waals surface area contributed by atoms with Gasteiger partial charge in [0.25, 0.3) is 0 Å². The molecule has 0 radical (unpaired) electrons. The van der Waals surface area contributed by atoms with Crippen LogP contribution in [0.3, 0.4) is 0 Å². The summed E-state index contributed by atoms with van der Waals surface area (Å²) in [6.07, 6.45) is 6.49. The lowest BCUT2D eigenvalue weighted by atomic mass is 9.80. The van der Waals surface area contributed by atoms with Crippen molar-refractivity contribution in [3.05, 3.63) is 0 Å². The topological polar surface area (TPSA) is 68.8 Å². The molecular weight excluding hydrogens is 473 g/mol. The molecule has 0 unspecified atom stereocenters. The third-order valence-electron chi connectivity index (χ3n) is 5.21. The molecule has 3 N–H and O–H groups in total. The average molecular weight is 512 g/mol. The molecule has 8 heteroatoms. The van der Waals surface area contributed by atoms with Gasteiger partial charge in [-0.3, -0.25) is 14.7 Å². The third kappa shape index (κ3) is 8.35. The fraction of sp³-hybridized carbons (Fsp3) is 0.895. The Kier molecular flexibility index (Phi) is 10.8. The number of nitrogens with zero attached hydrogens (tertiary/aromatic N) is 2. The Bertz CT molecular complexity index is 483. The molecule has 1 amide bonds. The van der Waals surface area contributed by atoms with Crippen molar-refractivity contribution in [2.24, 2.45) is 4.99 Å². The molecule has 2 rings (SSSR count). The van der Waals surface area contributed by atoms with Gasteiger partial charge in [0.05, 0.1) is 6.54 Å². The van der Waals surface area contributed by atoms with Crippen LogP contribution in [-0.2, 0) is 4.79 Å². The fourth-order valence-electron chi connectivity index (χ4n) is 3.95. The molecule has 1 heterocycles. The van der Waals surface area contributed by atoms with Gasteiger partial charge in [0, 0.05) is 49.3 Å². The molecule has 2 fully saturated rings. The maximum absolute atomic E-state index is 12.0. The van der Waals surface area contributed by atoms with E-state index in [-0.39, 0.29) is 47.5 Å². The van der Waals surface area contributed by atoms with Gasteiger partial charge in [0.2, 0.25) is 5.91 Å². The molecule has 0 aromatic heterocycles. The Morgan fingerprint density at radius 1 is 1.11 bits per heavy atom. The summed E-state index contributed by atoms with van der Waals surface area (Å²) >= 11 is 2.06. The summed E-state index contributed by atoms with van der Waals surface area (Å²) in [5.41, 5.74) is 0.0264. The number of carbonyl (C=O) groups excluding carboxylic acids is 1. The summed E-state index contributed by atoms with van der Waals surface area (Å²) in [5.74, 6) is 3.18. The number of aliphatic imine (C=N–C) groups is 1. The quantitative estimate of drug-likeness (QED) is 0.301. The van der Waals surface area contributed by atoms with Crippen molar-refractivity contribution >= 4 is 47.6 Å². The molecule has 158 valence electrons. The lowest BCUT2D eigenvalue weighted by molar-refractivity contribution is -0.121. The number of amides is 1. The van der Waals surface area contributed by atoms with E-state index < -0.39 is 0 Å². The number of rotatable bonds is 5. The highest BCUT2D eigenvalue weighted by Gasteiger charge is 2.38. The van der Waals surface area contributed by atoms with Crippen LogP contribution in [0, 0.1) is 0 Å². The van der Waals surface area contributed by atoms with E-state index in [0.717, 1.165) is 6.54 Å². The molecule has 0 atom stereocenters. The highest BCUT2D eigenvalue weighted by molar-refractivity contribution is 14.0. The van der Waals surface area contributed by atoms with Gasteiger partial charge in [0.15, 0.2) is 5.96 Å². The van der Waals surface area contributed by atoms with Crippen LogP contribution < -0.4 is 16.0 Å². The van der Waals surface area contributed by atoms with E-state index >= 15 is 0 Å². The van der Waals surface area contributed by atoms with Gasteiger partial charge in [-0.05, 0) is 33.6 Å². The zero-order chi connectivity index (χ0) is 19.0. The minimum atomic E-state index is -0.214. The Morgan fingerprint density at radius 3 is 2.30 bits per heavy atom. The van der Waals surface area contributed by atoms with Crippen molar-refractivity contribution in [3.63, 3.8) is 0 Å². The Morgan fingerprint density at radius 2 is 1.74 bits per heavy atom. The first kappa shape index (κ1) is 24.8. The van der Waals surface area contributed by atoms with Crippen LogP contribution in [-0.4, -0.2) is 72.6 Å². The molecule has 0 aromatic carbocycles. The van der Waals surface area contributed by atoms with Gasteiger partial charge in [0.1, 0.15) is 0 Å². The largest absolute Gasteiger partial charge is 0.355 e. The molecule has 0 aromatic rings. The summed E-state index contributed by atoms with van der Waals surface area (Å²) < 4.78 is 0. The van der Waals surface area contributed by atoms with E-state index in [4.69, 9.17) is 0 Å². The van der Waals surface area contributed by atoms with Crippen molar-refractivity contribution < 1.29 is 4.79 Å². The SMILES string of the molecule is CN=C(NCC(=O)NC(C)(C)C)NCC1(N2CCSCC2)CCCCC1.I. The van der Waals surface area contributed by atoms with Crippen LogP contribution >= 0.6 is 35.7 Å². The number of hydrogen-bond donors (Lipinski definition) is 3. The molecular formula is C19H38IN5OS. The van der Waals surface area contributed by atoms with Crippen molar-refractivity contribution in [3.8, 4) is 0 Å². The number of guanidine groups is 1. The second-order valence-corrected chi connectivity index (χ2v) is 9.69. The van der Waals surface area contributed by atoms with Gasteiger partial charge in [-0.15, -0.1) is 24.0 Å². The van der Waals surface area contributed by atoms with Gasteiger partial charge >= 0.3 is 0 Å². The zero-order valence-electron chi connectivity index (χ0n) is 17.4. The van der Waals surface area contributed by atoms with Crippen molar-refractivity contribution in [2.45, 2.75) is 64.0 Å². The standard InChI is InChI=1S/C19H37N5OS.HI/c1-18(2,3)23-16(25)14-21-17(20-4)22-15-19(8-6-5-7-9-19)24-10-12-26-13-11-24;/h5-15H2,1-4H3,(H,23,25)(H2,20,21,22);1H. The van der Waals surface area contributed by atoms with Crippen molar-refractivity contribution in [2.75, 3.05) is 44.7 Å². The van der Waals surface area contributed by atoms with Crippen LogP contribution in [0.5, 0.6) is 0 Å². The highest BCUT2D eigenvalue weighted by atomic mass is 127. The molecule has 27 heavy (non-hydrogen) atoms. The first-order valence-corrected chi connectivity index (χ1v) is 11.1. The Labute approximate surface area is 186 Å². The number of carbonyl (C=O) groups is 1. The molecule has 1 aliphatic heterocycles. The Balaban J connectivity index is 0.00000364. The average Bonchev–Trinajstić information content (AvgIpc) is 2.62. The fourth-order valence-corrected chi connectivity index (χ4v) is 4.85. The maximum Gasteiger partial charge on any atom is 0.239 e. The van der Waals surface area contributed by atoms with Crippen molar-refractivity contribution in [1.82, 2.24) is 20.9 Å². The molecule has 0 spiro atoms. The number of nitrogens with one attached hydrogen (secondary N) is 3. The monoisotopic (exact) mass is 511 g/mol. The minimum Gasteiger partial charge on any atom is -0.355 e. The molecule has 1 saturated heterocycles. The smallest absolute Gasteiger partial charge is 0.239 e. The van der Waals surface area contributed by atoms with Crippen LogP contribution in [0.1, 0.15) is 52.9 Å². The van der Waals surface area contributed by atoms with Crippen LogP contribution in [0.15, 0.2) is 4.99 Å². The number of hydrogen-bond acceptors (Lipinski definition) is 4. The van der Waals surface area contributed by atoms with Gasteiger partial charge in [-0.2, -0.15) is 11.8 Å². The van der Waals surface area contributed by atoms with E-state index in [0.29, 0.717) is 5.96 Å². The summed E-state index contributed by atoms with van der Waals surface area (Å²) in [6, 6.07) is 0. The predicted octanol–water partition coefficient (Wildman–Crippen LogP) is 2.44. The lowest BCUT2D eigenvalue weighted by Crippen LogP contribution is -2.60. The summed E-state index contributed by atoms with van der Waals surface area (Å²) in [7, 11) is 1.77.